The van der Waals surface area contributed by atoms with Crippen molar-refractivity contribution >= 4 is 50.3 Å². The van der Waals surface area contributed by atoms with E-state index in [4.69, 9.17) is 14.5 Å². The fourth-order valence-corrected chi connectivity index (χ4v) is 6.22. The van der Waals surface area contributed by atoms with Crippen LogP contribution in [0.2, 0.25) is 0 Å². The summed E-state index contributed by atoms with van der Waals surface area (Å²) in [5.74, 6) is -1.31. The number of aromatic nitrogens is 2. The Morgan fingerprint density at radius 1 is 0.981 bits per heavy atom. The Bertz CT molecular complexity index is 1900. The SMILES string of the molecule is CC(C)CC(OC(=O)CN(C)C(=O)CNCC(=O)OC(C)(C)C)C(=O)N1CCN(c2nc(-c3ccccc3O)nc3cc(S(C)(=O)=O)ccc23)CC1. The molecule has 2 N–H and O–H groups in total. The summed E-state index contributed by atoms with van der Waals surface area (Å²) >= 11 is 0. The van der Waals surface area contributed by atoms with Gasteiger partial charge in [0.2, 0.25) is 5.91 Å². The van der Waals surface area contributed by atoms with Crippen LogP contribution in [0.25, 0.3) is 22.3 Å². The number of likely N-dealkylation sites (N-methyl/N-ethyl adjacent to an activating group) is 1. The summed E-state index contributed by atoms with van der Waals surface area (Å²) in [6.07, 6.45) is 0.338. The summed E-state index contributed by atoms with van der Waals surface area (Å²) in [4.78, 5) is 65.4. The normalized spacial score (nSPS) is 14.3. The molecule has 4 rings (SSSR count). The second kappa shape index (κ2) is 16.7. The number of nitrogens with zero attached hydrogens (tertiary/aromatic N) is 5. The van der Waals surface area contributed by atoms with Crippen LogP contribution in [0.4, 0.5) is 5.82 Å². The molecule has 2 aromatic carbocycles. The van der Waals surface area contributed by atoms with Gasteiger partial charge >= 0.3 is 11.9 Å². The van der Waals surface area contributed by atoms with E-state index in [0.29, 0.717) is 35.4 Å². The lowest BCUT2D eigenvalue weighted by atomic mass is 10.0. The third-order valence-corrected chi connectivity index (χ3v) is 9.21. The summed E-state index contributed by atoms with van der Waals surface area (Å²) in [6.45, 7) is 9.58. The highest BCUT2D eigenvalue weighted by Gasteiger charge is 2.32. The fourth-order valence-electron chi connectivity index (χ4n) is 5.58. The van der Waals surface area contributed by atoms with Gasteiger partial charge in [-0.25, -0.2) is 18.4 Å². The van der Waals surface area contributed by atoms with Gasteiger partial charge in [-0.05, 0) is 63.4 Å². The van der Waals surface area contributed by atoms with Crippen molar-refractivity contribution in [2.45, 2.75) is 57.6 Å². The third-order valence-electron chi connectivity index (χ3n) is 8.10. The van der Waals surface area contributed by atoms with Crippen LogP contribution in [0.15, 0.2) is 47.4 Å². The van der Waals surface area contributed by atoms with Crippen molar-refractivity contribution in [1.29, 1.82) is 0 Å². The molecule has 15 nitrogen and oxygen atoms in total. The van der Waals surface area contributed by atoms with Crippen LogP contribution in [0, 0.1) is 5.92 Å². The number of ether oxygens (including phenoxy) is 2. The van der Waals surface area contributed by atoms with Gasteiger partial charge in [-0.15, -0.1) is 0 Å². The largest absolute Gasteiger partial charge is 0.507 e. The Balaban J connectivity index is 1.43. The molecule has 0 bridgehead atoms. The van der Waals surface area contributed by atoms with E-state index in [9.17, 15) is 32.7 Å². The lowest BCUT2D eigenvalue weighted by Gasteiger charge is -2.37. The van der Waals surface area contributed by atoms with Gasteiger partial charge in [0.25, 0.3) is 5.91 Å². The topological polar surface area (TPSA) is 189 Å². The zero-order valence-electron chi connectivity index (χ0n) is 30.7. The predicted octanol–water partition coefficient (Wildman–Crippen LogP) is 2.40. The molecule has 2 amide bonds. The predicted molar refractivity (Wildman–Crippen MR) is 194 cm³/mol. The molecule has 2 heterocycles. The maximum Gasteiger partial charge on any atom is 0.326 e. The number of para-hydroxylation sites is 1. The summed E-state index contributed by atoms with van der Waals surface area (Å²) in [5, 5.41) is 13.9. The number of rotatable bonds is 13. The number of hydrogen-bond acceptors (Lipinski definition) is 13. The van der Waals surface area contributed by atoms with E-state index in [2.05, 4.69) is 10.3 Å². The Kier molecular flexibility index (Phi) is 12.8. The first-order chi connectivity index (χ1) is 24.3. The van der Waals surface area contributed by atoms with Crippen LogP contribution < -0.4 is 10.2 Å². The Morgan fingerprint density at radius 3 is 2.27 bits per heavy atom. The lowest BCUT2D eigenvalue weighted by Crippen LogP contribution is -2.53. The van der Waals surface area contributed by atoms with E-state index >= 15 is 0 Å². The number of aromatic hydroxyl groups is 1. The number of nitrogens with one attached hydrogen (secondary N) is 1. The summed E-state index contributed by atoms with van der Waals surface area (Å²) in [6, 6.07) is 11.2. The van der Waals surface area contributed by atoms with Gasteiger partial charge in [-0.3, -0.25) is 24.5 Å². The van der Waals surface area contributed by atoms with Crippen molar-refractivity contribution in [3.63, 3.8) is 0 Å². The molecule has 0 saturated carbocycles. The standard InChI is InChI=1S/C36H48N6O9S/c1-23(2)18-29(50-32(46)22-40(6)30(44)20-37-21-31(45)51-36(3,4)5)35(47)42-16-14-41(15-17-42)34-25-13-12-24(52(7,48)49)19-27(25)38-33(39-34)26-10-8-9-11-28(26)43/h8-13,19,23,29,37,43H,14-18,20-22H2,1-7H3. The number of benzene rings is 2. The quantitative estimate of drug-likeness (QED) is 0.244. The number of amides is 2. The molecule has 1 aromatic heterocycles. The number of sulfone groups is 1. The smallest absolute Gasteiger partial charge is 0.326 e. The molecular formula is C36H48N6O9S. The maximum absolute atomic E-state index is 13.7. The van der Waals surface area contributed by atoms with Crippen LogP contribution in [-0.4, -0.2) is 128 Å². The molecule has 1 fully saturated rings. The highest BCUT2D eigenvalue weighted by atomic mass is 32.2. The van der Waals surface area contributed by atoms with Crippen molar-refractivity contribution in [1.82, 2.24) is 25.1 Å². The van der Waals surface area contributed by atoms with Crippen LogP contribution in [0.1, 0.15) is 41.0 Å². The second-order valence-corrected chi connectivity index (χ2v) is 16.2. The van der Waals surface area contributed by atoms with Gasteiger partial charge in [-0.2, -0.15) is 0 Å². The Morgan fingerprint density at radius 2 is 1.65 bits per heavy atom. The Labute approximate surface area is 304 Å². The van der Waals surface area contributed by atoms with Gasteiger partial charge < -0.3 is 29.3 Å². The van der Waals surface area contributed by atoms with Gasteiger partial charge in [0, 0.05) is 44.9 Å². The number of carbonyl (C=O) groups excluding carboxylic acids is 4. The van der Waals surface area contributed by atoms with Gasteiger partial charge in [0.1, 0.15) is 23.7 Å². The van der Waals surface area contributed by atoms with Crippen LogP contribution in [0.3, 0.4) is 0 Å². The minimum atomic E-state index is -3.52. The van der Waals surface area contributed by atoms with Crippen molar-refractivity contribution < 1.29 is 42.2 Å². The third kappa shape index (κ3) is 10.8. The second-order valence-electron chi connectivity index (χ2n) is 14.2. The first kappa shape index (κ1) is 39.9. The van der Waals surface area contributed by atoms with E-state index in [0.717, 1.165) is 11.2 Å². The van der Waals surface area contributed by atoms with E-state index in [-0.39, 0.29) is 67.4 Å². The van der Waals surface area contributed by atoms with Gasteiger partial charge in [-0.1, -0.05) is 26.0 Å². The van der Waals surface area contributed by atoms with Crippen molar-refractivity contribution in [2.75, 3.05) is 64.0 Å². The number of carbonyl (C=O) groups is 4. The molecular weight excluding hydrogens is 692 g/mol. The number of phenolic OH excluding ortho intramolecular Hbond substituents is 1. The maximum atomic E-state index is 13.7. The average Bonchev–Trinajstić information content (AvgIpc) is 3.05. The van der Waals surface area contributed by atoms with Crippen LogP contribution in [0.5, 0.6) is 5.75 Å². The lowest BCUT2D eigenvalue weighted by molar-refractivity contribution is -0.163. The van der Waals surface area contributed by atoms with E-state index in [1.54, 1.807) is 49.9 Å². The molecule has 1 aliphatic rings. The first-order valence-corrected chi connectivity index (χ1v) is 18.9. The average molecular weight is 741 g/mol. The molecule has 0 spiro atoms. The van der Waals surface area contributed by atoms with Crippen LogP contribution in [-0.2, 0) is 38.5 Å². The highest BCUT2D eigenvalue weighted by molar-refractivity contribution is 7.90. The molecule has 1 atom stereocenters. The number of fused-ring (bicyclic) bond motifs is 1. The minimum absolute atomic E-state index is 0.0245. The molecule has 1 unspecified atom stereocenters. The Hall–Kier alpha value is -4.83. The zero-order valence-corrected chi connectivity index (χ0v) is 31.5. The van der Waals surface area contributed by atoms with Crippen molar-refractivity contribution in [3.05, 3.63) is 42.5 Å². The molecule has 282 valence electrons. The minimum Gasteiger partial charge on any atom is -0.507 e. The van der Waals surface area contributed by atoms with Crippen LogP contribution >= 0.6 is 0 Å². The number of phenols is 1. The summed E-state index contributed by atoms with van der Waals surface area (Å²) < 4.78 is 35.5. The number of hydrogen-bond donors (Lipinski definition) is 2. The summed E-state index contributed by atoms with van der Waals surface area (Å²) in [7, 11) is -2.09. The van der Waals surface area contributed by atoms with E-state index in [1.165, 1.54) is 25.2 Å². The zero-order chi connectivity index (χ0) is 38.4. The first-order valence-electron chi connectivity index (χ1n) is 17.0. The molecule has 16 heteroatoms. The van der Waals surface area contributed by atoms with E-state index in [1.807, 2.05) is 18.7 Å². The van der Waals surface area contributed by atoms with Gasteiger partial charge in [0.15, 0.2) is 21.8 Å². The molecule has 3 aromatic rings. The number of anilines is 1. The molecule has 0 aliphatic carbocycles. The monoisotopic (exact) mass is 740 g/mol. The number of piperazine rings is 1. The van der Waals surface area contributed by atoms with Crippen molar-refractivity contribution in [3.8, 4) is 17.1 Å². The fraction of sp³-hybridized carbons (Fsp3) is 0.500. The van der Waals surface area contributed by atoms with Gasteiger partial charge in [0.05, 0.1) is 29.1 Å². The molecule has 1 aliphatic heterocycles. The highest BCUT2D eigenvalue weighted by Crippen LogP contribution is 2.33. The molecule has 1 saturated heterocycles. The number of esters is 2. The van der Waals surface area contributed by atoms with E-state index < -0.39 is 39.4 Å². The molecule has 52 heavy (non-hydrogen) atoms. The van der Waals surface area contributed by atoms with Crippen molar-refractivity contribution in [2.24, 2.45) is 5.92 Å². The summed E-state index contributed by atoms with van der Waals surface area (Å²) in [5.41, 5.74) is 0.112. The molecule has 0 radical (unpaired) electrons.